The monoisotopic (exact) mass is 354 g/mol. The van der Waals surface area contributed by atoms with Gasteiger partial charge in [-0.2, -0.15) is 0 Å². The number of benzene rings is 2. The molecular weight excluding hydrogens is 332 g/mol. The van der Waals surface area contributed by atoms with E-state index in [-0.39, 0.29) is 17.7 Å². The number of hydrogen-bond acceptors (Lipinski definition) is 4. The zero-order chi connectivity index (χ0) is 17.8. The molecule has 0 aliphatic carbocycles. The van der Waals surface area contributed by atoms with Crippen LogP contribution in [-0.2, 0) is 15.3 Å². The normalized spacial score (nSPS) is 14.2. The maximum atomic E-state index is 12.8. The summed E-state index contributed by atoms with van der Waals surface area (Å²) in [5.74, 6) is 0.832. The molecule has 0 saturated carbocycles. The lowest BCUT2D eigenvalue weighted by molar-refractivity contribution is -0.144. The van der Waals surface area contributed by atoms with E-state index in [2.05, 4.69) is 6.07 Å². The molecule has 25 heavy (non-hydrogen) atoms. The lowest BCUT2D eigenvalue weighted by Gasteiger charge is -2.14. The molecular formula is C21H22O3S. The highest BCUT2D eigenvalue weighted by Crippen LogP contribution is 2.35. The maximum Gasteiger partial charge on any atom is 0.305 e. The molecule has 4 heteroatoms. The highest BCUT2D eigenvalue weighted by Gasteiger charge is 2.22. The third-order valence-corrected chi connectivity index (χ3v) is 5.52. The van der Waals surface area contributed by atoms with E-state index in [1.54, 1.807) is 11.8 Å². The summed E-state index contributed by atoms with van der Waals surface area (Å²) in [4.78, 5) is 25.4. The van der Waals surface area contributed by atoms with Gasteiger partial charge in [-0.15, -0.1) is 11.8 Å². The van der Waals surface area contributed by atoms with Crippen molar-refractivity contribution >= 4 is 23.5 Å². The number of rotatable bonds is 5. The fourth-order valence-electron chi connectivity index (χ4n) is 2.91. The number of carbonyl (C=O) groups excluding carboxylic acids is 2. The van der Waals surface area contributed by atoms with Gasteiger partial charge >= 0.3 is 5.97 Å². The summed E-state index contributed by atoms with van der Waals surface area (Å²) < 4.78 is 5.33. The lowest BCUT2D eigenvalue weighted by atomic mass is 9.96. The number of thioether (sulfide) groups is 1. The van der Waals surface area contributed by atoms with Crippen molar-refractivity contribution in [1.82, 2.24) is 0 Å². The van der Waals surface area contributed by atoms with Crippen molar-refractivity contribution < 1.29 is 14.3 Å². The predicted molar refractivity (Wildman–Crippen MR) is 100 cm³/mol. The molecule has 0 amide bonds. The number of ketones is 1. The summed E-state index contributed by atoms with van der Waals surface area (Å²) in [6.45, 7) is 4.37. The first-order chi connectivity index (χ1) is 12.1. The number of esters is 1. The quantitative estimate of drug-likeness (QED) is 0.711. The second kappa shape index (κ2) is 7.87. The van der Waals surface area contributed by atoms with E-state index in [1.165, 1.54) is 0 Å². The molecule has 1 aliphatic rings. The first-order valence-electron chi connectivity index (χ1n) is 8.65. The molecule has 3 rings (SSSR count). The highest BCUT2D eigenvalue weighted by molar-refractivity contribution is 7.98. The Kier molecular flexibility index (Phi) is 5.59. The van der Waals surface area contributed by atoms with Crippen LogP contribution in [0.25, 0.3) is 0 Å². The number of carbonyl (C=O) groups is 2. The molecule has 0 saturated heterocycles. The van der Waals surface area contributed by atoms with Crippen LogP contribution in [-0.4, -0.2) is 18.4 Å². The van der Waals surface area contributed by atoms with Crippen molar-refractivity contribution in [2.45, 2.75) is 43.3 Å². The van der Waals surface area contributed by atoms with Gasteiger partial charge in [0.25, 0.3) is 0 Å². The summed E-state index contributed by atoms with van der Waals surface area (Å²) in [6, 6.07) is 13.8. The van der Waals surface area contributed by atoms with E-state index in [1.807, 2.05) is 50.2 Å². The average molecular weight is 354 g/mol. The molecule has 2 aromatic rings. The molecule has 1 heterocycles. The second-order valence-corrected chi connectivity index (χ2v) is 7.38. The van der Waals surface area contributed by atoms with Crippen LogP contribution in [0, 0.1) is 0 Å². The smallest absolute Gasteiger partial charge is 0.305 e. The van der Waals surface area contributed by atoms with E-state index in [9.17, 15) is 9.59 Å². The van der Waals surface area contributed by atoms with Gasteiger partial charge in [0.05, 0.1) is 6.61 Å². The Morgan fingerprint density at radius 1 is 1.20 bits per heavy atom. The van der Waals surface area contributed by atoms with Crippen molar-refractivity contribution in [3.05, 3.63) is 64.7 Å². The Bertz CT molecular complexity index is 797. The van der Waals surface area contributed by atoms with Gasteiger partial charge in [0.2, 0.25) is 0 Å². The molecule has 0 radical (unpaired) electrons. The molecule has 0 N–H and O–H groups in total. The van der Waals surface area contributed by atoms with Crippen LogP contribution < -0.4 is 0 Å². The number of fused-ring (bicyclic) bond motifs is 2. The molecule has 0 fully saturated rings. The average Bonchev–Trinajstić information content (AvgIpc) is 2.77. The molecule has 0 aromatic heterocycles. The predicted octanol–water partition coefficient (Wildman–Crippen LogP) is 4.97. The Morgan fingerprint density at radius 2 is 2.00 bits per heavy atom. The molecule has 1 atom stereocenters. The Labute approximate surface area is 152 Å². The second-order valence-electron chi connectivity index (χ2n) is 6.36. The van der Waals surface area contributed by atoms with Crippen LogP contribution in [0.3, 0.4) is 0 Å². The minimum Gasteiger partial charge on any atom is -0.465 e. The minimum atomic E-state index is -0.149. The summed E-state index contributed by atoms with van der Waals surface area (Å²) >= 11 is 1.69. The summed E-state index contributed by atoms with van der Waals surface area (Å²) in [5, 5.41) is 0. The Balaban J connectivity index is 1.79. The largest absolute Gasteiger partial charge is 0.465 e. The topological polar surface area (TPSA) is 43.4 Å². The van der Waals surface area contributed by atoms with Crippen molar-refractivity contribution in [2.24, 2.45) is 0 Å². The lowest BCUT2D eigenvalue weighted by Crippen LogP contribution is -2.11. The van der Waals surface area contributed by atoms with Gasteiger partial charge in [0, 0.05) is 34.1 Å². The zero-order valence-electron chi connectivity index (χ0n) is 14.6. The standard InChI is InChI=1S/C21H22O3S/c1-3-6-20(22)24-12-14(2)15-9-10-18-19(11-15)25-13-16-7-4-5-8-17(16)21(18)23/h4-5,7-11,14H,3,6,12-13H2,1-2H3. The molecule has 0 spiro atoms. The van der Waals surface area contributed by atoms with Crippen LogP contribution >= 0.6 is 11.8 Å². The van der Waals surface area contributed by atoms with Gasteiger partial charge in [-0.1, -0.05) is 44.2 Å². The van der Waals surface area contributed by atoms with Gasteiger partial charge in [0.1, 0.15) is 0 Å². The third kappa shape index (κ3) is 3.96. The first-order valence-corrected chi connectivity index (χ1v) is 9.63. The third-order valence-electron chi connectivity index (χ3n) is 4.41. The van der Waals surface area contributed by atoms with Gasteiger partial charge in [-0.25, -0.2) is 0 Å². The van der Waals surface area contributed by atoms with Crippen molar-refractivity contribution in [1.29, 1.82) is 0 Å². The van der Waals surface area contributed by atoms with E-state index in [4.69, 9.17) is 4.74 Å². The van der Waals surface area contributed by atoms with Gasteiger partial charge in [-0.05, 0) is 29.7 Å². The van der Waals surface area contributed by atoms with E-state index >= 15 is 0 Å². The van der Waals surface area contributed by atoms with Crippen molar-refractivity contribution in [2.75, 3.05) is 6.61 Å². The SMILES string of the molecule is CCCC(=O)OCC(C)c1ccc2c(c1)SCc1ccccc1C2=O. The van der Waals surface area contributed by atoms with Crippen LogP contribution in [0.1, 0.15) is 59.7 Å². The molecule has 2 aromatic carbocycles. The molecule has 1 aliphatic heterocycles. The van der Waals surface area contributed by atoms with Crippen molar-refractivity contribution in [3.8, 4) is 0 Å². The fraction of sp³-hybridized carbons (Fsp3) is 0.333. The van der Waals surface area contributed by atoms with Crippen LogP contribution in [0.2, 0.25) is 0 Å². The van der Waals surface area contributed by atoms with Gasteiger partial charge in [-0.3, -0.25) is 9.59 Å². The Hall–Kier alpha value is -2.07. The van der Waals surface area contributed by atoms with E-state index in [0.29, 0.717) is 13.0 Å². The molecule has 0 bridgehead atoms. The van der Waals surface area contributed by atoms with E-state index in [0.717, 1.165) is 39.3 Å². The van der Waals surface area contributed by atoms with Gasteiger partial charge in [0.15, 0.2) is 5.78 Å². The summed E-state index contributed by atoms with van der Waals surface area (Å²) in [5.41, 5.74) is 3.73. The van der Waals surface area contributed by atoms with Crippen LogP contribution in [0.5, 0.6) is 0 Å². The maximum absolute atomic E-state index is 12.8. The van der Waals surface area contributed by atoms with E-state index < -0.39 is 0 Å². The number of hydrogen-bond donors (Lipinski definition) is 0. The van der Waals surface area contributed by atoms with Crippen LogP contribution in [0.15, 0.2) is 47.4 Å². The molecule has 1 unspecified atom stereocenters. The first kappa shape index (κ1) is 17.7. The van der Waals surface area contributed by atoms with Crippen molar-refractivity contribution in [3.63, 3.8) is 0 Å². The summed E-state index contributed by atoms with van der Waals surface area (Å²) in [6.07, 6.45) is 1.25. The van der Waals surface area contributed by atoms with Crippen LogP contribution in [0.4, 0.5) is 0 Å². The van der Waals surface area contributed by atoms with Gasteiger partial charge < -0.3 is 4.74 Å². The fourth-order valence-corrected chi connectivity index (χ4v) is 4.01. The molecule has 130 valence electrons. The zero-order valence-corrected chi connectivity index (χ0v) is 15.4. The number of ether oxygens (including phenoxy) is 1. The highest BCUT2D eigenvalue weighted by atomic mass is 32.2. The minimum absolute atomic E-state index is 0.0872. The molecule has 3 nitrogen and oxygen atoms in total. The summed E-state index contributed by atoms with van der Waals surface area (Å²) in [7, 11) is 0. The Morgan fingerprint density at radius 3 is 2.80 bits per heavy atom.